The lowest BCUT2D eigenvalue weighted by molar-refractivity contribution is -0.116. The van der Waals surface area contributed by atoms with Gasteiger partial charge in [-0.1, -0.05) is 30.3 Å². The zero-order chi connectivity index (χ0) is 21.1. The molecule has 1 aliphatic heterocycles. The molecule has 0 radical (unpaired) electrons. The fourth-order valence-electron chi connectivity index (χ4n) is 3.74. The zero-order valence-corrected chi connectivity index (χ0v) is 17.3. The largest absolute Gasteiger partial charge is 0.497 e. The summed E-state index contributed by atoms with van der Waals surface area (Å²) in [6.45, 7) is 4.05. The van der Waals surface area contributed by atoms with Crippen LogP contribution in [0.3, 0.4) is 0 Å². The Morgan fingerprint density at radius 1 is 1.13 bits per heavy atom. The van der Waals surface area contributed by atoms with E-state index >= 15 is 0 Å². The molecular weight excluding hydrogens is 378 g/mol. The zero-order valence-electron chi connectivity index (χ0n) is 17.3. The van der Waals surface area contributed by atoms with E-state index in [0.29, 0.717) is 17.8 Å². The third kappa shape index (κ3) is 4.25. The molecule has 0 bridgehead atoms. The van der Waals surface area contributed by atoms with E-state index in [4.69, 9.17) is 13.9 Å². The number of ether oxygens (including phenoxy) is 2. The van der Waals surface area contributed by atoms with Gasteiger partial charge < -0.3 is 19.2 Å². The second kappa shape index (κ2) is 8.11. The predicted octanol–water partition coefficient (Wildman–Crippen LogP) is 5.25. The lowest BCUT2D eigenvalue weighted by Crippen LogP contribution is -2.41. The van der Waals surface area contributed by atoms with Crippen molar-refractivity contribution in [1.82, 2.24) is 5.32 Å². The fraction of sp³-hybridized carbons (Fsp3) is 0.240. The van der Waals surface area contributed by atoms with Crippen LogP contribution in [0.1, 0.15) is 43.2 Å². The van der Waals surface area contributed by atoms with Crippen LogP contribution in [0.2, 0.25) is 0 Å². The minimum atomic E-state index is -0.406. The van der Waals surface area contributed by atoms with Crippen LogP contribution < -0.4 is 14.8 Å². The van der Waals surface area contributed by atoms with Gasteiger partial charge in [-0.2, -0.15) is 0 Å². The van der Waals surface area contributed by atoms with Crippen LogP contribution in [0.15, 0.2) is 71.3 Å². The smallest absolute Gasteiger partial charge is 0.252 e. The quantitative estimate of drug-likeness (QED) is 0.591. The third-order valence-electron chi connectivity index (χ3n) is 5.14. The molecule has 1 aromatic heterocycles. The van der Waals surface area contributed by atoms with Crippen molar-refractivity contribution in [2.75, 3.05) is 7.11 Å². The van der Waals surface area contributed by atoms with Crippen LogP contribution in [0.4, 0.5) is 0 Å². The van der Waals surface area contributed by atoms with E-state index < -0.39 is 5.60 Å². The Balaban J connectivity index is 1.69. The van der Waals surface area contributed by atoms with E-state index in [-0.39, 0.29) is 11.9 Å². The van der Waals surface area contributed by atoms with Crippen LogP contribution in [-0.4, -0.2) is 18.6 Å². The van der Waals surface area contributed by atoms with Crippen molar-refractivity contribution in [1.29, 1.82) is 0 Å². The van der Waals surface area contributed by atoms with Crippen molar-refractivity contribution >= 4 is 17.6 Å². The van der Waals surface area contributed by atoms with Crippen molar-refractivity contribution in [3.8, 4) is 11.5 Å². The molecule has 0 aliphatic carbocycles. The maximum absolute atomic E-state index is 13.4. The Morgan fingerprint density at radius 3 is 2.63 bits per heavy atom. The van der Waals surface area contributed by atoms with E-state index in [1.165, 1.54) is 0 Å². The molecule has 2 aromatic carbocycles. The van der Waals surface area contributed by atoms with Crippen LogP contribution >= 0.6 is 0 Å². The van der Waals surface area contributed by atoms with Gasteiger partial charge >= 0.3 is 0 Å². The van der Waals surface area contributed by atoms with E-state index in [9.17, 15) is 4.79 Å². The van der Waals surface area contributed by atoms with Gasteiger partial charge in [0.05, 0.1) is 25.0 Å². The number of rotatable bonds is 5. The van der Waals surface area contributed by atoms with Crippen molar-refractivity contribution in [3.05, 3.63) is 83.8 Å². The number of methoxy groups -OCH3 is 1. The summed E-state index contributed by atoms with van der Waals surface area (Å²) in [7, 11) is 1.63. The van der Waals surface area contributed by atoms with Crippen molar-refractivity contribution in [3.63, 3.8) is 0 Å². The highest BCUT2D eigenvalue weighted by atomic mass is 16.5. The number of hydrogen-bond acceptors (Lipinski definition) is 4. The van der Waals surface area contributed by atoms with Gasteiger partial charge in [0, 0.05) is 12.0 Å². The molecule has 5 nitrogen and oxygen atoms in total. The number of benzene rings is 2. The average Bonchev–Trinajstić information content (AvgIpc) is 3.25. The first kappa shape index (κ1) is 19.8. The van der Waals surface area contributed by atoms with Crippen LogP contribution in [0.25, 0.3) is 11.6 Å². The predicted molar refractivity (Wildman–Crippen MR) is 116 cm³/mol. The molecule has 2 heterocycles. The summed E-state index contributed by atoms with van der Waals surface area (Å²) in [5.74, 6) is 1.94. The van der Waals surface area contributed by atoms with Gasteiger partial charge in [0.15, 0.2) is 0 Å². The number of nitrogens with one attached hydrogen (secondary N) is 1. The molecule has 5 heteroatoms. The second-order valence-corrected chi connectivity index (χ2v) is 7.94. The molecule has 1 aliphatic rings. The van der Waals surface area contributed by atoms with Gasteiger partial charge in [-0.25, -0.2) is 0 Å². The highest BCUT2D eigenvalue weighted by molar-refractivity contribution is 6.24. The molecule has 0 saturated carbocycles. The second-order valence-electron chi connectivity index (χ2n) is 7.94. The molecule has 1 N–H and O–H groups in total. The molecule has 1 atom stereocenters. The molecule has 0 saturated heterocycles. The molecule has 0 fully saturated rings. The lowest BCUT2D eigenvalue weighted by atomic mass is 9.89. The third-order valence-corrected chi connectivity index (χ3v) is 5.14. The van der Waals surface area contributed by atoms with Gasteiger partial charge in [-0.3, -0.25) is 4.79 Å². The maximum Gasteiger partial charge on any atom is 0.252 e. The molecule has 4 rings (SSSR count). The summed E-state index contributed by atoms with van der Waals surface area (Å²) in [6.07, 6.45) is 4.00. The topological polar surface area (TPSA) is 60.7 Å². The molecular formula is C25H25NO4. The average molecular weight is 403 g/mol. The monoisotopic (exact) mass is 403 g/mol. The van der Waals surface area contributed by atoms with E-state index in [1.54, 1.807) is 25.5 Å². The van der Waals surface area contributed by atoms with Crippen molar-refractivity contribution < 1.29 is 18.7 Å². The first-order valence-electron chi connectivity index (χ1n) is 9.94. The number of carbonyl (C=O) groups is 1. The fourth-order valence-corrected chi connectivity index (χ4v) is 3.74. The number of furan rings is 1. The summed E-state index contributed by atoms with van der Waals surface area (Å²) in [5.41, 5.74) is 1.87. The van der Waals surface area contributed by atoms with E-state index in [0.717, 1.165) is 22.6 Å². The van der Waals surface area contributed by atoms with Gasteiger partial charge in [0.2, 0.25) is 0 Å². The molecule has 30 heavy (non-hydrogen) atoms. The first-order chi connectivity index (χ1) is 14.4. The summed E-state index contributed by atoms with van der Waals surface area (Å²) >= 11 is 0. The summed E-state index contributed by atoms with van der Waals surface area (Å²) in [6, 6.07) is 18.7. The van der Waals surface area contributed by atoms with E-state index in [1.807, 2.05) is 68.4 Å². The maximum atomic E-state index is 13.4. The normalized spacial score (nSPS) is 17.6. The Kier molecular flexibility index (Phi) is 5.36. The Bertz CT molecular complexity index is 1050. The van der Waals surface area contributed by atoms with Crippen molar-refractivity contribution in [2.45, 2.75) is 31.9 Å². The highest BCUT2D eigenvalue weighted by Crippen LogP contribution is 2.41. The number of amides is 1. The van der Waals surface area contributed by atoms with Crippen molar-refractivity contribution in [2.24, 2.45) is 0 Å². The van der Waals surface area contributed by atoms with Gasteiger partial charge in [-0.05, 0) is 55.8 Å². The molecule has 154 valence electrons. The van der Waals surface area contributed by atoms with Gasteiger partial charge in [0.1, 0.15) is 22.9 Å². The number of hydrogen-bond donors (Lipinski definition) is 1. The summed E-state index contributed by atoms with van der Waals surface area (Å²) < 4.78 is 17.0. The standard InChI is InChI=1S/C25H25NO4/c1-25(2)16-22(21-14-18(28-3)11-12-23(21)30-25)26-24(27)20(15-19-10-7-13-29-19)17-8-5-4-6-9-17/h4-15,22H,16H2,1-3H3,(H,26,27)/b20-15+/t22-/m0/s1. The summed E-state index contributed by atoms with van der Waals surface area (Å²) in [5, 5.41) is 3.21. The summed E-state index contributed by atoms with van der Waals surface area (Å²) in [4.78, 5) is 13.4. The van der Waals surface area contributed by atoms with Gasteiger partial charge in [-0.15, -0.1) is 0 Å². The van der Waals surface area contributed by atoms with Crippen LogP contribution in [0, 0.1) is 0 Å². The Hall–Kier alpha value is -3.47. The number of fused-ring (bicyclic) bond motifs is 1. The Labute approximate surface area is 176 Å². The first-order valence-corrected chi connectivity index (χ1v) is 9.94. The minimum absolute atomic E-state index is 0.172. The van der Waals surface area contributed by atoms with Crippen LogP contribution in [0.5, 0.6) is 11.5 Å². The molecule has 1 amide bonds. The van der Waals surface area contributed by atoms with E-state index in [2.05, 4.69) is 5.32 Å². The SMILES string of the molecule is COc1ccc2c(c1)[C@@H](NC(=O)/C(=C/c1ccco1)c1ccccc1)CC(C)(C)O2. The molecule has 3 aromatic rings. The van der Waals surface area contributed by atoms with Crippen LogP contribution in [-0.2, 0) is 4.79 Å². The number of carbonyl (C=O) groups excluding carboxylic acids is 1. The Morgan fingerprint density at radius 2 is 1.93 bits per heavy atom. The van der Waals surface area contributed by atoms with Gasteiger partial charge in [0.25, 0.3) is 5.91 Å². The highest BCUT2D eigenvalue weighted by Gasteiger charge is 2.35. The minimum Gasteiger partial charge on any atom is -0.497 e. The molecule has 0 unspecified atom stereocenters. The molecule has 0 spiro atoms. The lowest BCUT2D eigenvalue weighted by Gasteiger charge is -2.38.